The van der Waals surface area contributed by atoms with Crippen LogP contribution >= 0.6 is 11.3 Å². The predicted molar refractivity (Wildman–Crippen MR) is 109 cm³/mol. The molecule has 3 aromatic heterocycles. The van der Waals surface area contributed by atoms with Crippen LogP contribution in [0.1, 0.15) is 27.6 Å². The van der Waals surface area contributed by atoms with Crippen molar-refractivity contribution in [2.75, 3.05) is 7.11 Å². The van der Waals surface area contributed by atoms with Crippen molar-refractivity contribution in [1.29, 1.82) is 0 Å². The van der Waals surface area contributed by atoms with E-state index >= 15 is 0 Å². The summed E-state index contributed by atoms with van der Waals surface area (Å²) in [5.74, 6) is 0.280. The van der Waals surface area contributed by atoms with Crippen LogP contribution in [0.25, 0.3) is 16.9 Å². The summed E-state index contributed by atoms with van der Waals surface area (Å²) in [6.07, 6.45) is 3.02. The highest BCUT2D eigenvalue weighted by Gasteiger charge is 2.27. The minimum atomic E-state index is -0.451. The Labute approximate surface area is 162 Å². The Morgan fingerprint density at radius 2 is 1.81 bits per heavy atom. The summed E-state index contributed by atoms with van der Waals surface area (Å²) in [4.78, 5) is 18.0. The van der Waals surface area contributed by atoms with Crippen LogP contribution < -0.4 is 4.74 Å². The largest absolute Gasteiger partial charge is 0.496 e. The van der Waals surface area contributed by atoms with Crippen LogP contribution in [0.5, 0.6) is 5.75 Å². The number of ether oxygens (including phenoxy) is 1. The number of aldehydes is 1. The summed E-state index contributed by atoms with van der Waals surface area (Å²) in [5, 5.41) is 1.95. The van der Waals surface area contributed by atoms with E-state index in [1.54, 1.807) is 7.11 Å². The van der Waals surface area contributed by atoms with Gasteiger partial charge in [-0.25, -0.2) is 4.98 Å². The van der Waals surface area contributed by atoms with Gasteiger partial charge in [-0.05, 0) is 36.9 Å². The Morgan fingerprint density at radius 3 is 2.52 bits per heavy atom. The third kappa shape index (κ3) is 3.04. The standard InChI is InChI=1S/C22H20N2O2S/c1-14-4-7-16(8-5-14)20-21(24-12-15(2)6-9-19(24)23-20)17(13-25)22-18(26-3)10-11-27-22/h4-13,17H,1-3H3. The molecule has 4 nitrogen and oxygen atoms in total. The first-order valence-corrected chi connectivity index (χ1v) is 9.62. The van der Waals surface area contributed by atoms with Gasteiger partial charge in [-0.1, -0.05) is 35.9 Å². The molecule has 1 unspecified atom stereocenters. The molecule has 0 radical (unpaired) electrons. The molecule has 0 aliphatic rings. The maximum atomic E-state index is 12.2. The summed E-state index contributed by atoms with van der Waals surface area (Å²) in [5.41, 5.74) is 5.82. The average Bonchev–Trinajstić information content (AvgIpc) is 3.28. The molecule has 1 aromatic carbocycles. The molecule has 0 spiro atoms. The zero-order chi connectivity index (χ0) is 19.0. The second-order valence-electron chi connectivity index (χ2n) is 6.61. The third-order valence-corrected chi connectivity index (χ3v) is 5.70. The molecular formula is C22H20N2O2S. The number of fused-ring (bicyclic) bond motifs is 1. The van der Waals surface area contributed by atoms with Crippen LogP contribution in [0.15, 0.2) is 54.0 Å². The lowest BCUT2D eigenvalue weighted by Gasteiger charge is -2.14. The van der Waals surface area contributed by atoms with Gasteiger partial charge in [-0.2, -0.15) is 0 Å². The Hall–Kier alpha value is -2.92. The van der Waals surface area contributed by atoms with E-state index < -0.39 is 5.92 Å². The number of benzene rings is 1. The van der Waals surface area contributed by atoms with Crippen molar-refractivity contribution in [1.82, 2.24) is 9.38 Å². The van der Waals surface area contributed by atoms with Crippen LogP contribution in [0.4, 0.5) is 0 Å². The average molecular weight is 376 g/mol. The smallest absolute Gasteiger partial charge is 0.137 e. The lowest BCUT2D eigenvalue weighted by Crippen LogP contribution is -2.07. The molecular weight excluding hydrogens is 356 g/mol. The molecule has 1 atom stereocenters. The molecule has 4 rings (SSSR count). The number of methoxy groups -OCH3 is 1. The molecule has 27 heavy (non-hydrogen) atoms. The minimum absolute atomic E-state index is 0.451. The Bertz CT molecular complexity index is 1110. The zero-order valence-electron chi connectivity index (χ0n) is 15.5. The number of carbonyl (C=O) groups is 1. The molecule has 0 aliphatic carbocycles. The third-order valence-electron chi connectivity index (χ3n) is 4.72. The first kappa shape index (κ1) is 17.5. The first-order valence-electron chi connectivity index (χ1n) is 8.74. The summed E-state index contributed by atoms with van der Waals surface area (Å²) >= 11 is 1.53. The number of hydrogen-bond acceptors (Lipinski definition) is 4. The van der Waals surface area contributed by atoms with Gasteiger partial charge >= 0.3 is 0 Å². The van der Waals surface area contributed by atoms with E-state index in [0.29, 0.717) is 0 Å². The van der Waals surface area contributed by atoms with E-state index in [2.05, 4.69) is 31.2 Å². The molecule has 3 heterocycles. The van der Waals surface area contributed by atoms with Crippen molar-refractivity contribution < 1.29 is 9.53 Å². The molecule has 0 aliphatic heterocycles. The fraction of sp³-hybridized carbons (Fsp3) is 0.182. The zero-order valence-corrected chi connectivity index (χ0v) is 16.3. The molecule has 0 amide bonds. The van der Waals surface area contributed by atoms with Crippen LogP contribution in [-0.2, 0) is 4.79 Å². The van der Waals surface area contributed by atoms with Crippen molar-refractivity contribution in [3.05, 3.63) is 75.7 Å². The summed E-state index contributed by atoms with van der Waals surface area (Å²) in [6, 6.07) is 14.2. The Balaban J connectivity index is 2.01. The fourth-order valence-corrected chi connectivity index (χ4v) is 4.26. The predicted octanol–water partition coefficient (Wildman–Crippen LogP) is 5.02. The molecule has 5 heteroatoms. The van der Waals surface area contributed by atoms with E-state index in [9.17, 15) is 4.79 Å². The second kappa shape index (κ2) is 7.00. The van der Waals surface area contributed by atoms with Gasteiger partial charge in [0.1, 0.15) is 17.7 Å². The number of rotatable bonds is 5. The number of aromatic nitrogens is 2. The summed E-state index contributed by atoms with van der Waals surface area (Å²) < 4.78 is 7.52. The molecule has 4 aromatic rings. The summed E-state index contributed by atoms with van der Waals surface area (Å²) in [6.45, 7) is 4.10. The Morgan fingerprint density at radius 1 is 1.07 bits per heavy atom. The number of nitrogens with zero attached hydrogens (tertiary/aromatic N) is 2. The van der Waals surface area contributed by atoms with Gasteiger partial charge in [0, 0.05) is 11.8 Å². The number of hydrogen-bond donors (Lipinski definition) is 0. The molecule has 0 saturated heterocycles. The van der Waals surface area contributed by atoms with Gasteiger partial charge in [0.05, 0.1) is 29.3 Å². The molecule has 0 fully saturated rings. The highest BCUT2D eigenvalue weighted by atomic mass is 32.1. The normalized spacial score (nSPS) is 12.3. The van der Waals surface area contributed by atoms with Crippen molar-refractivity contribution in [2.24, 2.45) is 0 Å². The van der Waals surface area contributed by atoms with E-state index in [1.165, 1.54) is 16.9 Å². The van der Waals surface area contributed by atoms with E-state index in [0.717, 1.165) is 45.1 Å². The van der Waals surface area contributed by atoms with Gasteiger partial charge < -0.3 is 13.9 Å². The van der Waals surface area contributed by atoms with Crippen LogP contribution in [-0.4, -0.2) is 22.8 Å². The van der Waals surface area contributed by atoms with Crippen LogP contribution in [0, 0.1) is 13.8 Å². The van der Waals surface area contributed by atoms with Crippen LogP contribution in [0.3, 0.4) is 0 Å². The lowest BCUT2D eigenvalue weighted by atomic mass is 9.98. The number of aryl methyl sites for hydroxylation is 2. The number of thiophene rings is 1. The number of carbonyl (C=O) groups excluding carboxylic acids is 1. The van der Waals surface area contributed by atoms with Crippen molar-refractivity contribution in [2.45, 2.75) is 19.8 Å². The van der Waals surface area contributed by atoms with Crippen LogP contribution in [0.2, 0.25) is 0 Å². The lowest BCUT2D eigenvalue weighted by molar-refractivity contribution is -0.108. The molecule has 0 N–H and O–H groups in total. The van der Waals surface area contributed by atoms with Gasteiger partial charge in [-0.3, -0.25) is 0 Å². The number of pyridine rings is 1. The van der Waals surface area contributed by atoms with Crippen molar-refractivity contribution in [3.63, 3.8) is 0 Å². The molecule has 0 saturated carbocycles. The van der Waals surface area contributed by atoms with Gasteiger partial charge in [-0.15, -0.1) is 11.3 Å². The topological polar surface area (TPSA) is 43.6 Å². The quantitative estimate of drug-likeness (QED) is 0.459. The Kier molecular flexibility index (Phi) is 4.54. The SMILES string of the molecule is COc1ccsc1C(C=O)c1c(-c2ccc(C)cc2)nc2ccc(C)cn12. The van der Waals surface area contributed by atoms with Crippen molar-refractivity contribution in [3.8, 4) is 17.0 Å². The van der Waals surface area contributed by atoms with Gasteiger partial charge in [0.2, 0.25) is 0 Å². The highest BCUT2D eigenvalue weighted by Crippen LogP contribution is 2.39. The minimum Gasteiger partial charge on any atom is -0.496 e. The second-order valence-corrected chi connectivity index (χ2v) is 7.56. The van der Waals surface area contributed by atoms with E-state index in [4.69, 9.17) is 9.72 Å². The number of imidazole rings is 1. The van der Waals surface area contributed by atoms with E-state index in [1.807, 2.05) is 41.1 Å². The highest BCUT2D eigenvalue weighted by molar-refractivity contribution is 7.10. The van der Waals surface area contributed by atoms with E-state index in [-0.39, 0.29) is 0 Å². The van der Waals surface area contributed by atoms with Crippen molar-refractivity contribution >= 4 is 23.3 Å². The maximum absolute atomic E-state index is 12.2. The van der Waals surface area contributed by atoms with Gasteiger partial charge in [0.25, 0.3) is 0 Å². The maximum Gasteiger partial charge on any atom is 0.137 e. The molecule has 0 bridgehead atoms. The van der Waals surface area contributed by atoms with Gasteiger partial charge in [0.15, 0.2) is 0 Å². The fourth-order valence-electron chi connectivity index (χ4n) is 3.35. The first-order chi connectivity index (χ1) is 13.1. The monoisotopic (exact) mass is 376 g/mol. The molecule has 136 valence electrons. The summed E-state index contributed by atoms with van der Waals surface area (Å²) in [7, 11) is 1.63.